The van der Waals surface area contributed by atoms with Crippen molar-refractivity contribution >= 4 is 82.7 Å². The number of allylic oxidation sites excluding steroid dienone is 3. The SMILES string of the molecule is C=CC(=N/C(=C\C(=C)c1ccccc1)c1ccccc1)n1c2ccccc2c2ccc(-c3ccc4oc5cccc(-c6ccc7c8ccccc8n(-c8nc(-c9ccccc9)cc(-c9ccccc9)n8)c7c6)c5c4c3)cc21. The minimum Gasteiger partial charge on any atom is -0.456 e. The average Bonchev–Trinajstić information content (AvgIpc) is 4.29. The molecule has 0 bridgehead atoms. The van der Waals surface area contributed by atoms with Gasteiger partial charge in [0, 0.05) is 49.0 Å². The third kappa shape index (κ3) is 7.95. The molecule has 0 N–H and O–H groups in total. The standard InChI is InChI=1S/C71H47N5O/c1-3-69(72-60(48-23-10-5-11-24-48)41-46(2)47-21-8-4-9-22-47)75-63-32-18-16-29-55(63)57-38-35-52(43-65(57)75)51-37-40-67-59(42-51)70-54(31-20-34-68(70)77-67)53-36-39-58-56-30-17-19-33-64(56)76(66(58)44-53)71-73-61(49-25-12-6-13-26-49)45-62(74-71)50-27-14-7-15-28-50/h3-45H,1-2H2/b60-41-,72-69?. The first kappa shape index (κ1) is 45.2. The van der Waals surface area contributed by atoms with E-state index in [4.69, 9.17) is 19.4 Å². The van der Waals surface area contributed by atoms with Crippen molar-refractivity contribution < 1.29 is 4.42 Å². The number of rotatable bonds is 10. The highest BCUT2D eigenvalue weighted by molar-refractivity contribution is 6.19. The maximum Gasteiger partial charge on any atom is 0.235 e. The van der Waals surface area contributed by atoms with E-state index in [9.17, 15) is 0 Å². The van der Waals surface area contributed by atoms with Crippen LogP contribution in [0, 0.1) is 0 Å². The lowest BCUT2D eigenvalue weighted by atomic mass is 9.96. The Hall–Kier alpha value is -10.4. The second-order valence-electron chi connectivity index (χ2n) is 19.3. The maximum absolute atomic E-state index is 6.68. The number of hydrogen-bond acceptors (Lipinski definition) is 4. The van der Waals surface area contributed by atoms with E-state index < -0.39 is 0 Å². The third-order valence-electron chi connectivity index (χ3n) is 14.7. The molecule has 0 fully saturated rings. The van der Waals surface area contributed by atoms with Gasteiger partial charge < -0.3 is 4.42 Å². The fourth-order valence-electron chi connectivity index (χ4n) is 11.0. The molecule has 77 heavy (non-hydrogen) atoms. The molecule has 14 rings (SSSR count). The molecule has 0 atom stereocenters. The van der Waals surface area contributed by atoms with Crippen LogP contribution < -0.4 is 0 Å². The largest absolute Gasteiger partial charge is 0.456 e. The Labute approximate surface area is 444 Å². The first-order valence-corrected chi connectivity index (χ1v) is 25.8. The van der Waals surface area contributed by atoms with E-state index >= 15 is 0 Å². The van der Waals surface area contributed by atoms with E-state index in [1.807, 2.05) is 54.6 Å². The molecule has 0 unspecified atom stereocenters. The zero-order valence-electron chi connectivity index (χ0n) is 41.9. The first-order chi connectivity index (χ1) is 38.0. The zero-order chi connectivity index (χ0) is 51.4. The number of benzene rings is 10. The van der Waals surface area contributed by atoms with Gasteiger partial charge in [-0.15, -0.1) is 0 Å². The highest BCUT2D eigenvalue weighted by atomic mass is 16.3. The molecule has 0 aliphatic rings. The van der Waals surface area contributed by atoms with E-state index in [1.54, 1.807) is 0 Å². The molecule has 14 aromatic rings. The van der Waals surface area contributed by atoms with E-state index in [2.05, 4.69) is 229 Å². The van der Waals surface area contributed by atoms with Gasteiger partial charge in [0.15, 0.2) is 0 Å². The fraction of sp³-hybridized carbons (Fsp3) is 0. The van der Waals surface area contributed by atoms with Gasteiger partial charge in [0.2, 0.25) is 5.95 Å². The smallest absolute Gasteiger partial charge is 0.235 e. The number of nitrogens with zero attached hydrogens (tertiary/aromatic N) is 5. The fourth-order valence-corrected chi connectivity index (χ4v) is 11.0. The summed E-state index contributed by atoms with van der Waals surface area (Å²) in [6, 6.07) is 86.7. The molecule has 0 amide bonds. The van der Waals surface area contributed by atoms with Crippen LogP contribution in [0.4, 0.5) is 0 Å². The van der Waals surface area contributed by atoms with Gasteiger partial charge in [-0.1, -0.05) is 213 Å². The number of hydrogen-bond donors (Lipinski definition) is 0. The molecule has 0 radical (unpaired) electrons. The number of aromatic nitrogens is 4. The molecule has 6 heteroatoms. The normalized spacial score (nSPS) is 12.2. The van der Waals surface area contributed by atoms with Crippen molar-refractivity contribution in [1.29, 1.82) is 0 Å². The van der Waals surface area contributed by atoms with Crippen LogP contribution >= 0.6 is 0 Å². The molecule has 362 valence electrons. The van der Waals surface area contributed by atoms with Crippen molar-refractivity contribution in [2.45, 2.75) is 0 Å². The predicted octanol–water partition coefficient (Wildman–Crippen LogP) is 18.4. The molecular formula is C71H47N5O. The molecular weight excluding hydrogens is 939 g/mol. The molecule has 0 aliphatic carbocycles. The van der Waals surface area contributed by atoms with E-state index in [0.29, 0.717) is 11.8 Å². The third-order valence-corrected chi connectivity index (χ3v) is 14.7. The number of furan rings is 1. The quantitative estimate of drug-likeness (QED) is 0.0779. The lowest BCUT2D eigenvalue weighted by Gasteiger charge is -2.12. The summed E-state index contributed by atoms with van der Waals surface area (Å²) >= 11 is 0. The molecule has 4 heterocycles. The van der Waals surface area contributed by atoms with Crippen LogP contribution in [0.3, 0.4) is 0 Å². The van der Waals surface area contributed by atoms with Gasteiger partial charge in [-0.3, -0.25) is 9.13 Å². The minimum atomic E-state index is 0.606. The van der Waals surface area contributed by atoms with Crippen molar-refractivity contribution in [3.8, 4) is 50.7 Å². The van der Waals surface area contributed by atoms with Gasteiger partial charge in [0.1, 0.15) is 17.0 Å². The lowest BCUT2D eigenvalue weighted by Crippen LogP contribution is -2.09. The number of para-hydroxylation sites is 2. The van der Waals surface area contributed by atoms with Crippen LogP contribution in [0.15, 0.2) is 283 Å². The van der Waals surface area contributed by atoms with Gasteiger partial charge in [0.05, 0.1) is 39.2 Å². The summed E-state index contributed by atoms with van der Waals surface area (Å²) in [4.78, 5) is 16.0. The van der Waals surface area contributed by atoms with Gasteiger partial charge in [0.25, 0.3) is 0 Å². The highest BCUT2D eigenvalue weighted by Gasteiger charge is 2.21. The van der Waals surface area contributed by atoms with Crippen molar-refractivity contribution in [2.24, 2.45) is 4.99 Å². The predicted molar refractivity (Wildman–Crippen MR) is 321 cm³/mol. The summed E-state index contributed by atoms with van der Waals surface area (Å²) in [5.41, 5.74) is 17.4. The van der Waals surface area contributed by atoms with E-state index in [1.165, 1.54) is 0 Å². The van der Waals surface area contributed by atoms with Crippen molar-refractivity contribution in [3.63, 3.8) is 0 Å². The van der Waals surface area contributed by atoms with Gasteiger partial charge in [-0.05, 0) is 94.1 Å². The van der Waals surface area contributed by atoms with Crippen LogP contribution in [0.5, 0.6) is 0 Å². The summed E-state index contributed by atoms with van der Waals surface area (Å²) in [6.07, 6.45) is 3.91. The Balaban J connectivity index is 0.916. The second-order valence-corrected chi connectivity index (χ2v) is 19.3. The highest BCUT2D eigenvalue weighted by Crippen LogP contribution is 2.42. The van der Waals surface area contributed by atoms with Crippen LogP contribution in [-0.2, 0) is 0 Å². The van der Waals surface area contributed by atoms with Gasteiger partial charge >= 0.3 is 0 Å². The Kier molecular flexibility index (Phi) is 11.0. The second kappa shape index (κ2) is 18.8. The number of aliphatic imine (C=N–C) groups is 1. The molecule has 6 nitrogen and oxygen atoms in total. The summed E-state index contributed by atoms with van der Waals surface area (Å²) in [5.74, 6) is 1.31. The minimum absolute atomic E-state index is 0.606. The summed E-state index contributed by atoms with van der Waals surface area (Å²) in [5, 5.41) is 6.58. The summed E-state index contributed by atoms with van der Waals surface area (Å²) in [6.45, 7) is 8.80. The van der Waals surface area contributed by atoms with Crippen LogP contribution in [0.1, 0.15) is 11.1 Å². The molecule has 0 aliphatic heterocycles. The van der Waals surface area contributed by atoms with Crippen molar-refractivity contribution in [2.75, 3.05) is 0 Å². The lowest BCUT2D eigenvalue weighted by molar-refractivity contribution is 0.669. The van der Waals surface area contributed by atoms with Crippen molar-refractivity contribution in [1.82, 2.24) is 19.1 Å². The Morgan fingerprint density at radius 2 is 0.974 bits per heavy atom. The number of fused-ring (bicyclic) bond motifs is 9. The monoisotopic (exact) mass is 985 g/mol. The van der Waals surface area contributed by atoms with Crippen molar-refractivity contribution in [3.05, 3.63) is 285 Å². The Morgan fingerprint density at radius 3 is 1.66 bits per heavy atom. The van der Waals surface area contributed by atoms with Crippen LogP contribution in [-0.4, -0.2) is 24.9 Å². The van der Waals surface area contributed by atoms with Gasteiger partial charge in [-0.2, -0.15) is 0 Å². The summed E-state index contributed by atoms with van der Waals surface area (Å²) in [7, 11) is 0. The molecule has 0 saturated carbocycles. The maximum atomic E-state index is 6.68. The van der Waals surface area contributed by atoms with E-state index in [-0.39, 0.29) is 0 Å². The molecule has 0 saturated heterocycles. The van der Waals surface area contributed by atoms with E-state index in [0.717, 1.165) is 133 Å². The van der Waals surface area contributed by atoms with Gasteiger partial charge in [-0.25, -0.2) is 15.0 Å². The molecule has 0 spiro atoms. The Morgan fingerprint density at radius 1 is 0.429 bits per heavy atom. The summed E-state index contributed by atoms with van der Waals surface area (Å²) < 4.78 is 11.1. The molecule has 10 aromatic carbocycles. The van der Waals surface area contributed by atoms with Crippen LogP contribution in [0.25, 0.3) is 128 Å². The topological polar surface area (TPSA) is 61.1 Å². The molecule has 4 aromatic heterocycles. The van der Waals surface area contributed by atoms with Crippen LogP contribution in [0.2, 0.25) is 0 Å². The Bertz CT molecular complexity index is 4640. The zero-order valence-corrected chi connectivity index (χ0v) is 41.9. The average molecular weight is 986 g/mol. The first-order valence-electron chi connectivity index (χ1n) is 25.8.